The molecule has 146 valence electrons. The topological polar surface area (TPSA) is 47.6 Å². The van der Waals surface area contributed by atoms with E-state index in [1.54, 1.807) is 19.1 Å². The second-order valence-electron chi connectivity index (χ2n) is 6.43. The maximum Gasteiger partial charge on any atom is 0.197 e. The van der Waals surface area contributed by atoms with Crippen LogP contribution in [0.4, 0.5) is 4.39 Å². The molecule has 5 heteroatoms. The molecule has 0 saturated heterocycles. The van der Waals surface area contributed by atoms with Gasteiger partial charge in [-0.15, -0.1) is 0 Å². The van der Waals surface area contributed by atoms with Crippen LogP contribution in [-0.4, -0.2) is 39.3 Å². The molecule has 2 atom stereocenters. The lowest BCUT2D eigenvalue weighted by molar-refractivity contribution is 0.0846. The van der Waals surface area contributed by atoms with Crippen LogP contribution in [0, 0.1) is 12.8 Å². The van der Waals surface area contributed by atoms with Gasteiger partial charge in [-0.2, -0.15) is 0 Å². The summed E-state index contributed by atoms with van der Waals surface area (Å²) in [5.41, 5.74) is 1.05. The van der Waals surface area contributed by atoms with E-state index in [0.29, 0.717) is 22.6 Å². The fourth-order valence-electron chi connectivity index (χ4n) is 2.91. The number of Topliss-reactive ketones (excluding diaryl/α,β-unsaturated/α-hetero) is 1. The van der Waals surface area contributed by atoms with Crippen LogP contribution >= 0.6 is 0 Å². The number of carbonyl (C=O) groups is 1. The second kappa shape index (κ2) is 11.7. The van der Waals surface area contributed by atoms with Crippen molar-refractivity contribution < 1.29 is 18.7 Å². The number of ketones is 1. The molecule has 1 rings (SSSR count). The van der Waals surface area contributed by atoms with Gasteiger partial charge >= 0.3 is 0 Å². The molecule has 0 heterocycles. The number of ether oxygens (including phenoxy) is 2. The molecule has 1 N–H and O–H groups in total. The standard InChI is InChI=1S/C21H32FNO3/c1-6-8-10-23-11-9-16(7-2)13-18(22)21(24)17-14-20(26-5)19(25-4)12-15(17)3/h6,8,12,14,16,18,23H,7,9-11,13H2,1-5H3/b8-6+. The Bertz CT molecular complexity index is 601. The number of hydrogen-bond donors (Lipinski definition) is 1. The molecule has 0 radical (unpaired) electrons. The minimum absolute atomic E-state index is 0.174. The molecule has 2 unspecified atom stereocenters. The van der Waals surface area contributed by atoms with Gasteiger partial charge in [-0.05, 0) is 56.8 Å². The van der Waals surface area contributed by atoms with Gasteiger partial charge in [-0.25, -0.2) is 4.39 Å². The first-order valence-corrected chi connectivity index (χ1v) is 9.21. The molecule has 1 aromatic rings. The van der Waals surface area contributed by atoms with E-state index in [0.717, 1.165) is 25.9 Å². The zero-order valence-corrected chi connectivity index (χ0v) is 16.6. The van der Waals surface area contributed by atoms with Gasteiger partial charge in [-0.3, -0.25) is 4.79 Å². The van der Waals surface area contributed by atoms with E-state index in [1.807, 2.05) is 26.0 Å². The van der Waals surface area contributed by atoms with Gasteiger partial charge in [0.25, 0.3) is 0 Å². The molecule has 0 amide bonds. The summed E-state index contributed by atoms with van der Waals surface area (Å²) in [5, 5.41) is 3.30. The second-order valence-corrected chi connectivity index (χ2v) is 6.43. The molecule has 0 aliphatic carbocycles. The fourth-order valence-corrected chi connectivity index (χ4v) is 2.91. The van der Waals surface area contributed by atoms with E-state index >= 15 is 0 Å². The Hall–Kier alpha value is -1.88. The Morgan fingerprint density at radius 2 is 1.92 bits per heavy atom. The van der Waals surface area contributed by atoms with Crippen LogP contribution in [0.5, 0.6) is 11.5 Å². The molecule has 0 aliphatic heterocycles. The van der Waals surface area contributed by atoms with Gasteiger partial charge in [0, 0.05) is 12.1 Å². The Labute approximate surface area is 156 Å². The molecule has 26 heavy (non-hydrogen) atoms. The summed E-state index contributed by atoms with van der Waals surface area (Å²) in [6, 6.07) is 3.28. The number of allylic oxidation sites excluding steroid dienone is 1. The highest BCUT2D eigenvalue weighted by molar-refractivity contribution is 6.01. The zero-order chi connectivity index (χ0) is 19.5. The van der Waals surface area contributed by atoms with Gasteiger partial charge in [0.1, 0.15) is 0 Å². The van der Waals surface area contributed by atoms with Crippen molar-refractivity contribution in [2.75, 3.05) is 27.3 Å². The third-order valence-electron chi connectivity index (χ3n) is 4.63. The number of aryl methyl sites for hydroxylation is 1. The van der Waals surface area contributed by atoms with Crippen LogP contribution in [0.2, 0.25) is 0 Å². The molecule has 4 nitrogen and oxygen atoms in total. The fraction of sp³-hybridized carbons (Fsp3) is 0.571. The number of rotatable bonds is 12. The summed E-state index contributed by atoms with van der Waals surface area (Å²) in [5.74, 6) is 0.667. The van der Waals surface area contributed by atoms with Gasteiger partial charge in [-0.1, -0.05) is 25.5 Å². The lowest BCUT2D eigenvalue weighted by atomic mass is 9.91. The van der Waals surface area contributed by atoms with Gasteiger partial charge in [0.2, 0.25) is 0 Å². The van der Waals surface area contributed by atoms with Crippen molar-refractivity contribution in [3.63, 3.8) is 0 Å². The van der Waals surface area contributed by atoms with Crippen LogP contribution in [-0.2, 0) is 0 Å². The van der Waals surface area contributed by atoms with E-state index in [2.05, 4.69) is 5.32 Å². The van der Waals surface area contributed by atoms with Crippen LogP contribution in [0.3, 0.4) is 0 Å². The molecule has 0 fully saturated rings. The first-order chi connectivity index (χ1) is 12.5. The third-order valence-corrected chi connectivity index (χ3v) is 4.63. The number of hydrogen-bond acceptors (Lipinski definition) is 4. The van der Waals surface area contributed by atoms with Crippen LogP contribution in [0.1, 0.15) is 49.0 Å². The Balaban J connectivity index is 2.73. The van der Waals surface area contributed by atoms with Gasteiger partial charge < -0.3 is 14.8 Å². The first-order valence-electron chi connectivity index (χ1n) is 9.21. The average molecular weight is 365 g/mol. The number of methoxy groups -OCH3 is 2. The van der Waals surface area contributed by atoms with E-state index in [4.69, 9.17) is 9.47 Å². The molecule has 0 saturated carbocycles. The lowest BCUT2D eigenvalue weighted by Gasteiger charge is -2.18. The predicted molar refractivity (Wildman–Crippen MR) is 104 cm³/mol. The highest BCUT2D eigenvalue weighted by atomic mass is 19.1. The number of benzene rings is 1. The minimum atomic E-state index is -1.51. The van der Waals surface area contributed by atoms with Crippen LogP contribution < -0.4 is 14.8 Å². The van der Waals surface area contributed by atoms with Crippen molar-refractivity contribution in [2.45, 2.75) is 46.2 Å². The SMILES string of the molecule is C/C=C/CNCCC(CC)CC(F)C(=O)c1cc(OC)c(OC)cc1C. The molecule has 0 aliphatic rings. The Kier molecular flexibility index (Phi) is 9.96. The van der Waals surface area contributed by atoms with E-state index in [1.165, 1.54) is 14.2 Å². The van der Waals surface area contributed by atoms with Crippen molar-refractivity contribution in [3.8, 4) is 11.5 Å². The zero-order valence-electron chi connectivity index (χ0n) is 16.6. The Morgan fingerprint density at radius 3 is 2.50 bits per heavy atom. The van der Waals surface area contributed by atoms with Crippen molar-refractivity contribution in [1.82, 2.24) is 5.32 Å². The van der Waals surface area contributed by atoms with Crippen molar-refractivity contribution in [1.29, 1.82) is 0 Å². The smallest absolute Gasteiger partial charge is 0.197 e. The highest BCUT2D eigenvalue weighted by Crippen LogP contribution is 2.31. The summed E-state index contributed by atoms with van der Waals surface area (Å²) in [6.07, 6.45) is 4.48. The first kappa shape index (κ1) is 22.2. The monoisotopic (exact) mass is 365 g/mol. The molecule has 1 aromatic carbocycles. The highest BCUT2D eigenvalue weighted by Gasteiger charge is 2.25. The van der Waals surface area contributed by atoms with Gasteiger partial charge in [0.05, 0.1) is 14.2 Å². The summed E-state index contributed by atoms with van der Waals surface area (Å²) in [6.45, 7) is 7.43. The summed E-state index contributed by atoms with van der Waals surface area (Å²) in [7, 11) is 3.04. The average Bonchev–Trinajstić information content (AvgIpc) is 2.65. The van der Waals surface area contributed by atoms with Crippen LogP contribution in [0.15, 0.2) is 24.3 Å². The normalized spacial score (nSPS) is 13.6. The van der Waals surface area contributed by atoms with Gasteiger partial charge in [0.15, 0.2) is 23.5 Å². The lowest BCUT2D eigenvalue weighted by Crippen LogP contribution is -2.23. The Morgan fingerprint density at radius 1 is 1.27 bits per heavy atom. The van der Waals surface area contributed by atoms with Crippen molar-refractivity contribution in [3.05, 3.63) is 35.4 Å². The predicted octanol–water partition coefficient (Wildman–Crippen LogP) is 4.51. The quantitative estimate of drug-likeness (QED) is 0.336. The largest absolute Gasteiger partial charge is 0.493 e. The molecule has 0 bridgehead atoms. The molecular formula is C21H32FNO3. The molecule has 0 aromatic heterocycles. The van der Waals surface area contributed by atoms with Crippen LogP contribution in [0.25, 0.3) is 0 Å². The van der Waals surface area contributed by atoms with Crippen molar-refractivity contribution >= 4 is 5.78 Å². The maximum atomic E-state index is 14.7. The summed E-state index contributed by atoms with van der Waals surface area (Å²) >= 11 is 0. The van der Waals surface area contributed by atoms with E-state index < -0.39 is 12.0 Å². The number of nitrogens with one attached hydrogen (secondary N) is 1. The molecule has 0 spiro atoms. The van der Waals surface area contributed by atoms with Crippen molar-refractivity contribution in [2.24, 2.45) is 5.92 Å². The number of halogens is 1. The van der Waals surface area contributed by atoms with E-state index in [-0.39, 0.29) is 12.3 Å². The third kappa shape index (κ3) is 6.45. The minimum Gasteiger partial charge on any atom is -0.493 e. The number of carbonyl (C=O) groups excluding carboxylic acids is 1. The maximum absolute atomic E-state index is 14.7. The number of alkyl halides is 1. The summed E-state index contributed by atoms with van der Waals surface area (Å²) in [4.78, 5) is 12.6. The molecular weight excluding hydrogens is 333 g/mol. The van der Waals surface area contributed by atoms with E-state index in [9.17, 15) is 9.18 Å². The summed E-state index contributed by atoms with van der Waals surface area (Å²) < 4.78 is 25.2.